The molecule has 3 aliphatic rings. The molecule has 38 heavy (non-hydrogen) atoms. The van der Waals surface area contributed by atoms with Gasteiger partial charge in [-0.05, 0) is 17.7 Å². The molecule has 2 aromatic carbocycles. The van der Waals surface area contributed by atoms with Gasteiger partial charge in [-0.15, -0.1) is 0 Å². The Bertz CT molecular complexity index is 1450. The summed E-state index contributed by atoms with van der Waals surface area (Å²) in [4.78, 5) is 59.5. The van der Waals surface area contributed by atoms with E-state index in [0.29, 0.717) is 0 Å². The summed E-state index contributed by atoms with van der Waals surface area (Å²) in [5.41, 5.74) is 0.578. The van der Waals surface area contributed by atoms with E-state index in [1.165, 1.54) is 18.2 Å². The van der Waals surface area contributed by atoms with Crippen LogP contribution in [0.3, 0.4) is 0 Å². The number of allylic oxidation sites excluding steroid dienone is 1. The van der Waals surface area contributed by atoms with Crippen molar-refractivity contribution < 1.29 is 48.4 Å². The third-order valence-corrected chi connectivity index (χ3v) is 7.15. The molecule has 2 unspecified atom stereocenters. The number of fused-ring (bicyclic) bond motifs is 2. The van der Waals surface area contributed by atoms with Crippen LogP contribution in [0.4, 0.5) is 0 Å². The summed E-state index contributed by atoms with van der Waals surface area (Å²) in [6.07, 6.45) is 1.37. The van der Waals surface area contributed by atoms with Crippen LogP contribution in [-0.4, -0.2) is 51.7 Å². The molecule has 3 amide bonds. The molecule has 0 aliphatic carbocycles. The number of carbonyl (C=O) groups is 5. The van der Waals surface area contributed by atoms with Crippen LogP contribution in [0.5, 0.6) is 11.5 Å². The minimum Gasteiger partial charge on any atom is -0.488 e. The summed E-state index contributed by atoms with van der Waals surface area (Å²) in [7, 11) is 0. The summed E-state index contributed by atoms with van der Waals surface area (Å²) < 4.78 is 17.2. The Balaban J connectivity index is 1.42. The van der Waals surface area contributed by atoms with Crippen molar-refractivity contribution in [3.05, 3.63) is 81.8 Å². The second-order valence-electron chi connectivity index (χ2n) is 8.26. The Labute approximate surface area is 218 Å². The van der Waals surface area contributed by atoms with Crippen LogP contribution in [0.15, 0.2) is 65.1 Å². The number of rotatable bonds is 7. The Kier molecular flexibility index (Phi) is 6.51. The first-order valence-electron chi connectivity index (χ1n) is 11.1. The van der Waals surface area contributed by atoms with Crippen molar-refractivity contribution in [2.75, 3.05) is 6.61 Å². The van der Waals surface area contributed by atoms with Crippen molar-refractivity contribution in [3.8, 4) is 11.5 Å². The molecule has 2 aromatic rings. The molecule has 0 radical (unpaired) electrons. The van der Waals surface area contributed by atoms with E-state index in [1.54, 1.807) is 0 Å². The third kappa shape index (κ3) is 4.66. The molecule has 0 saturated carbocycles. The topological polar surface area (TPSA) is 178 Å². The van der Waals surface area contributed by atoms with Crippen LogP contribution >= 0.6 is 11.8 Å². The maximum absolute atomic E-state index is 12.6. The second-order valence-corrected chi connectivity index (χ2v) is 9.51. The van der Waals surface area contributed by atoms with Crippen molar-refractivity contribution in [1.29, 1.82) is 0 Å². The predicted octanol–water partition coefficient (Wildman–Crippen LogP) is 1.63. The highest BCUT2D eigenvalue weighted by molar-refractivity contribution is 8.04. The molecular weight excluding hydrogens is 520 g/mol. The molecule has 0 aromatic heterocycles. The zero-order chi connectivity index (χ0) is 27.0. The van der Waals surface area contributed by atoms with E-state index >= 15 is 0 Å². The van der Waals surface area contributed by atoms with Crippen molar-refractivity contribution in [2.24, 2.45) is 5.92 Å². The van der Waals surface area contributed by atoms with Gasteiger partial charge in [0.25, 0.3) is 17.8 Å². The van der Waals surface area contributed by atoms with Crippen LogP contribution in [0.25, 0.3) is 0 Å². The Hall–Kier alpha value is -4.78. The first kappa shape index (κ1) is 24.9. The molecule has 12 nitrogen and oxygen atoms in total. The largest absolute Gasteiger partial charge is 0.488 e. The van der Waals surface area contributed by atoms with Gasteiger partial charge in [0.15, 0.2) is 0 Å². The number of carboxylic acid groups (broad SMARTS) is 2. The summed E-state index contributed by atoms with van der Waals surface area (Å²) in [5, 5.41) is 22.3. The van der Waals surface area contributed by atoms with E-state index in [0.717, 1.165) is 17.3 Å². The molecule has 3 aliphatic heterocycles. The van der Waals surface area contributed by atoms with Crippen molar-refractivity contribution in [3.63, 3.8) is 0 Å². The Morgan fingerprint density at radius 2 is 1.71 bits per heavy atom. The molecule has 5 rings (SSSR count). The number of ether oxygens (including phenoxy) is 3. The zero-order valence-corrected chi connectivity index (χ0v) is 20.1. The van der Waals surface area contributed by atoms with Crippen LogP contribution in [-0.2, 0) is 25.7 Å². The van der Waals surface area contributed by atoms with Crippen LogP contribution < -0.4 is 20.1 Å². The van der Waals surface area contributed by atoms with Gasteiger partial charge in [-0.25, -0.2) is 9.59 Å². The van der Waals surface area contributed by atoms with E-state index in [1.807, 2.05) is 30.3 Å². The quantitative estimate of drug-likeness (QED) is 0.297. The van der Waals surface area contributed by atoms with E-state index in [-0.39, 0.29) is 52.4 Å². The van der Waals surface area contributed by atoms with E-state index in [2.05, 4.69) is 10.6 Å². The fourth-order valence-corrected chi connectivity index (χ4v) is 5.46. The van der Waals surface area contributed by atoms with E-state index in [9.17, 15) is 29.1 Å². The van der Waals surface area contributed by atoms with Gasteiger partial charge >= 0.3 is 17.8 Å². The first-order chi connectivity index (χ1) is 18.2. The molecule has 13 heteroatoms. The summed E-state index contributed by atoms with van der Waals surface area (Å²) in [5.74, 6) is -6.57. The number of nitrogens with one attached hydrogen (secondary N) is 2. The number of carboxylic acids is 2. The maximum Gasteiger partial charge on any atom is 0.394 e. The lowest BCUT2D eigenvalue weighted by Gasteiger charge is -2.25. The molecular formula is C25H18N2O10S. The first-order valence-corrected chi connectivity index (χ1v) is 12.0. The van der Waals surface area contributed by atoms with E-state index in [4.69, 9.17) is 19.3 Å². The van der Waals surface area contributed by atoms with Gasteiger partial charge in [0.2, 0.25) is 0 Å². The SMILES string of the molecule is O=C(O)C(=O)NC1=C(C(=O)O)C2C=C(Oc3ccc(OCc4ccccc4)c4c3C(=O)NC4=O)OCC2S1. The highest BCUT2D eigenvalue weighted by atomic mass is 32.2. The van der Waals surface area contributed by atoms with Crippen molar-refractivity contribution in [1.82, 2.24) is 10.6 Å². The molecule has 0 saturated heterocycles. The smallest absolute Gasteiger partial charge is 0.394 e. The van der Waals surface area contributed by atoms with Crippen molar-refractivity contribution >= 4 is 41.4 Å². The highest BCUT2D eigenvalue weighted by Gasteiger charge is 2.43. The fraction of sp³-hybridized carbons (Fsp3) is 0.160. The van der Waals surface area contributed by atoms with Gasteiger partial charge in [0.1, 0.15) is 24.7 Å². The lowest BCUT2D eigenvalue weighted by molar-refractivity contribution is -0.149. The van der Waals surface area contributed by atoms with Gasteiger partial charge in [-0.1, -0.05) is 42.1 Å². The molecule has 2 atom stereocenters. The number of imide groups is 1. The van der Waals surface area contributed by atoms with Gasteiger partial charge < -0.3 is 29.7 Å². The Morgan fingerprint density at radius 1 is 1.03 bits per heavy atom. The standard InChI is InChI=1S/C25H18N2O10S/c28-20-18-13(35-9-11-4-2-1-3-5-11)6-7-14(19(18)21(29)26-20)37-16-8-12-15(10-36-16)38-23(17(12)24(31)32)27-22(30)25(33)34/h1-8,12,15H,9-10H2,(H,27,30)(H,31,32)(H,33,34)(H,26,28,29). The van der Waals surface area contributed by atoms with Gasteiger partial charge in [-0.2, -0.15) is 0 Å². The molecule has 0 fully saturated rings. The normalized spacial score (nSPS) is 19.5. The molecule has 0 spiro atoms. The summed E-state index contributed by atoms with van der Waals surface area (Å²) >= 11 is 0.965. The predicted molar refractivity (Wildman–Crippen MR) is 129 cm³/mol. The average Bonchev–Trinajstić information content (AvgIpc) is 3.40. The molecule has 194 valence electrons. The number of hydrogen-bond donors (Lipinski definition) is 4. The van der Waals surface area contributed by atoms with Crippen LogP contribution in [0.1, 0.15) is 26.3 Å². The lowest BCUT2D eigenvalue weighted by Crippen LogP contribution is -2.30. The number of hydrogen-bond acceptors (Lipinski definition) is 9. The number of aliphatic carboxylic acids is 2. The van der Waals surface area contributed by atoms with Gasteiger partial charge in [-0.3, -0.25) is 19.7 Å². The number of carbonyl (C=O) groups excluding carboxylic acids is 3. The average molecular weight is 538 g/mol. The Morgan fingerprint density at radius 3 is 2.39 bits per heavy atom. The van der Waals surface area contributed by atoms with Crippen LogP contribution in [0, 0.1) is 5.92 Å². The number of benzene rings is 2. The molecule has 0 bridgehead atoms. The third-order valence-electron chi connectivity index (χ3n) is 5.86. The fourth-order valence-electron chi connectivity index (χ4n) is 4.16. The minimum absolute atomic E-state index is 0.000992. The number of amides is 3. The van der Waals surface area contributed by atoms with Crippen LogP contribution in [0.2, 0.25) is 0 Å². The van der Waals surface area contributed by atoms with Gasteiger partial charge in [0.05, 0.1) is 27.0 Å². The monoisotopic (exact) mass is 538 g/mol. The number of thioether (sulfide) groups is 1. The van der Waals surface area contributed by atoms with Gasteiger partial charge in [0, 0.05) is 12.0 Å². The molecule has 4 N–H and O–H groups in total. The van der Waals surface area contributed by atoms with E-state index < -0.39 is 40.8 Å². The highest BCUT2D eigenvalue weighted by Crippen LogP contribution is 2.45. The minimum atomic E-state index is -1.76. The molecule has 3 heterocycles. The summed E-state index contributed by atoms with van der Waals surface area (Å²) in [6.45, 7) is 0.130. The summed E-state index contributed by atoms with van der Waals surface area (Å²) in [6, 6.07) is 12.2. The lowest BCUT2D eigenvalue weighted by atomic mass is 9.95. The maximum atomic E-state index is 12.6. The van der Waals surface area contributed by atoms with Crippen molar-refractivity contribution in [2.45, 2.75) is 11.9 Å². The second kappa shape index (κ2) is 9.94. The zero-order valence-electron chi connectivity index (χ0n) is 19.3.